The Labute approximate surface area is 94.2 Å². The molecule has 1 rings (SSSR count). The van der Waals surface area contributed by atoms with Crippen molar-refractivity contribution in [1.82, 2.24) is 0 Å². The molecule has 0 aliphatic heterocycles. The van der Waals surface area contributed by atoms with Gasteiger partial charge in [0.15, 0.2) is 0 Å². The average molecular weight is 251 g/mol. The van der Waals surface area contributed by atoms with Crippen LogP contribution in [0, 0.1) is 5.82 Å². The summed E-state index contributed by atoms with van der Waals surface area (Å²) < 4.78 is 54.6. The summed E-state index contributed by atoms with van der Waals surface area (Å²) in [6.45, 7) is 0. The molecule has 0 fully saturated rings. The lowest BCUT2D eigenvalue weighted by Gasteiger charge is -2.12. The molecule has 0 aromatic heterocycles. The van der Waals surface area contributed by atoms with E-state index in [0.717, 1.165) is 13.2 Å². The van der Waals surface area contributed by atoms with E-state index < -0.39 is 35.6 Å². The number of esters is 1. The highest BCUT2D eigenvalue weighted by Gasteiger charge is 2.34. The summed E-state index contributed by atoms with van der Waals surface area (Å²) in [5, 5.41) is 0. The molecule has 94 valence electrons. The van der Waals surface area contributed by atoms with Crippen LogP contribution < -0.4 is 5.73 Å². The van der Waals surface area contributed by atoms with Crippen molar-refractivity contribution in [3.8, 4) is 0 Å². The maximum Gasteiger partial charge on any atom is 0.418 e. The molecular formula is C10H9F4NO2. The molecule has 2 N–H and O–H groups in total. The monoisotopic (exact) mass is 251 g/mol. The van der Waals surface area contributed by atoms with E-state index >= 15 is 0 Å². The molecule has 0 aliphatic rings. The summed E-state index contributed by atoms with van der Waals surface area (Å²) in [5.41, 5.74) is 3.03. The summed E-state index contributed by atoms with van der Waals surface area (Å²) in [5.74, 6) is -1.90. The van der Waals surface area contributed by atoms with E-state index in [1.807, 2.05) is 0 Å². The summed E-state index contributed by atoms with van der Waals surface area (Å²) in [6, 6.07) is 1.06. The van der Waals surface area contributed by atoms with Crippen LogP contribution in [-0.2, 0) is 22.1 Å². The quantitative estimate of drug-likeness (QED) is 0.497. The second-order valence-electron chi connectivity index (χ2n) is 3.28. The van der Waals surface area contributed by atoms with Gasteiger partial charge in [0.25, 0.3) is 0 Å². The predicted octanol–water partition coefficient (Wildman–Crippen LogP) is 2.14. The number of hydrogen-bond acceptors (Lipinski definition) is 3. The molecule has 0 radical (unpaired) electrons. The summed E-state index contributed by atoms with van der Waals surface area (Å²) >= 11 is 0. The summed E-state index contributed by atoms with van der Waals surface area (Å²) in [7, 11) is 1.09. The van der Waals surface area contributed by atoms with Gasteiger partial charge in [-0.05, 0) is 12.1 Å². The minimum absolute atomic E-state index is 0.234. The first-order chi connectivity index (χ1) is 7.75. The van der Waals surface area contributed by atoms with Crippen LogP contribution in [0.15, 0.2) is 12.1 Å². The third-order valence-corrected chi connectivity index (χ3v) is 2.09. The van der Waals surface area contributed by atoms with Crippen molar-refractivity contribution in [2.24, 2.45) is 0 Å². The van der Waals surface area contributed by atoms with Crippen molar-refractivity contribution in [3.63, 3.8) is 0 Å². The first kappa shape index (κ1) is 13.3. The Morgan fingerprint density at radius 3 is 2.47 bits per heavy atom. The summed E-state index contributed by atoms with van der Waals surface area (Å²) in [4.78, 5) is 10.9. The maximum atomic E-state index is 13.3. The van der Waals surface area contributed by atoms with Crippen LogP contribution in [0.2, 0.25) is 0 Å². The van der Waals surface area contributed by atoms with Crippen LogP contribution in [0.5, 0.6) is 0 Å². The lowest BCUT2D eigenvalue weighted by atomic mass is 10.1. The Kier molecular flexibility index (Phi) is 3.59. The van der Waals surface area contributed by atoms with Crippen LogP contribution in [0.1, 0.15) is 11.1 Å². The Morgan fingerprint density at radius 2 is 2.00 bits per heavy atom. The van der Waals surface area contributed by atoms with Gasteiger partial charge in [-0.1, -0.05) is 0 Å². The number of halogens is 4. The van der Waals surface area contributed by atoms with Crippen molar-refractivity contribution in [2.45, 2.75) is 12.6 Å². The third kappa shape index (κ3) is 3.08. The van der Waals surface area contributed by atoms with Gasteiger partial charge in [0.05, 0.1) is 19.1 Å². The average Bonchev–Trinajstić information content (AvgIpc) is 2.21. The number of alkyl halides is 3. The Hall–Kier alpha value is -1.79. The van der Waals surface area contributed by atoms with E-state index in [2.05, 4.69) is 4.74 Å². The number of nitrogen functional groups attached to an aromatic ring is 1. The largest absolute Gasteiger partial charge is 0.469 e. The van der Waals surface area contributed by atoms with E-state index in [0.29, 0.717) is 0 Å². The molecule has 0 spiro atoms. The molecule has 7 heteroatoms. The zero-order valence-electron chi connectivity index (χ0n) is 8.77. The molecule has 0 amide bonds. The molecule has 0 unspecified atom stereocenters. The minimum Gasteiger partial charge on any atom is -0.469 e. The minimum atomic E-state index is -4.73. The number of hydrogen-bond donors (Lipinski definition) is 1. The second-order valence-corrected chi connectivity index (χ2v) is 3.28. The van der Waals surface area contributed by atoms with Gasteiger partial charge in [0.2, 0.25) is 0 Å². The molecular weight excluding hydrogens is 242 g/mol. The number of benzene rings is 1. The van der Waals surface area contributed by atoms with Gasteiger partial charge in [0, 0.05) is 11.3 Å². The Balaban J connectivity index is 3.14. The molecule has 0 bridgehead atoms. The highest BCUT2D eigenvalue weighted by atomic mass is 19.4. The fourth-order valence-corrected chi connectivity index (χ4v) is 1.25. The number of ether oxygens (including phenoxy) is 1. The Morgan fingerprint density at radius 1 is 1.41 bits per heavy atom. The molecule has 1 aromatic rings. The van der Waals surface area contributed by atoms with Crippen molar-refractivity contribution in [2.75, 3.05) is 12.8 Å². The number of rotatable bonds is 2. The summed E-state index contributed by atoms with van der Waals surface area (Å²) in [6.07, 6.45) is -5.20. The molecule has 0 saturated carbocycles. The molecule has 17 heavy (non-hydrogen) atoms. The zero-order chi connectivity index (χ0) is 13.2. The number of carbonyl (C=O) groups excluding carboxylic acids is 1. The van der Waals surface area contributed by atoms with Crippen molar-refractivity contribution in [3.05, 3.63) is 29.1 Å². The van der Waals surface area contributed by atoms with Crippen molar-refractivity contribution in [1.29, 1.82) is 0 Å². The standard InChI is InChI=1S/C10H9F4NO2/c1-17-9(16)3-5-2-8(15)6(4-7(5)11)10(12,13)14/h2,4H,3,15H2,1H3. The molecule has 1 aromatic carbocycles. The first-order valence-electron chi connectivity index (χ1n) is 4.47. The van der Waals surface area contributed by atoms with Crippen LogP contribution in [0.4, 0.5) is 23.2 Å². The van der Waals surface area contributed by atoms with Gasteiger partial charge < -0.3 is 10.5 Å². The topological polar surface area (TPSA) is 52.3 Å². The highest BCUT2D eigenvalue weighted by molar-refractivity contribution is 5.73. The van der Waals surface area contributed by atoms with E-state index in [1.54, 1.807) is 0 Å². The molecule has 0 aliphatic carbocycles. The van der Waals surface area contributed by atoms with Crippen molar-refractivity contribution >= 4 is 11.7 Å². The molecule has 0 saturated heterocycles. The second kappa shape index (κ2) is 4.60. The third-order valence-electron chi connectivity index (χ3n) is 2.09. The zero-order valence-corrected chi connectivity index (χ0v) is 8.77. The van der Waals surface area contributed by atoms with E-state index in [1.165, 1.54) is 0 Å². The van der Waals surface area contributed by atoms with Crippen LogP contribution in [0.25, 0.3) is 0 Å². The van der Waals surface area contributed by atoms with Gasteiger partial charge in [-0.2, -0.15) is 13.2 Å². The van der Waals surface area contributed by atoms with E-state index in [4.69, 9.17) is 5.73 Å². The van der Waals surface area contributed by atoms with E-state index in [-0.39, 0.29) is 11.6 Å². The van der Waals surface area contributed by atoms with Gasteiger partial charge in [-0.15, -0.1) is 0 Å². The van der Waals surface area contributed by atoms with E-state index in [9.17, 15) is 22.4 Å². The number of anilines is 1. The van der Waals surface area contributed by atoms with Crippen LogP contribution >= 0.6 is 0 Å². The fourth-order valence-electron chi connectivity index (χ4n) is 1.25. The van der Waals surface area contributed by atoms with Gasteiger partial charge in [-0.25, -0.2) is 4.39 Å². The number of carbonyl (C=O) groups is 1. The number of nitrogens with two attached hydrogens (primary N) is 1. The SMILES string of the molecule is COC(=O)Cc1cc(N)c(C(F)(F)F)cc1F. The van der Waals surface area contributed by atoms with Gasteiger partial charge in [-0.3, -0.25) is 4.79 Å². The maximum absolute atomic E-state index is 13.3. The lowest BCUT2D eigenvalue weighted by Crippen LogP contribution is -2.12. The number of methoxy groups -OCH3 is 1. The van der Waals surface area contributed by atoms with Crippen LogP contribution in [-0.4, -0.2) is 13.1 Å². The highest BCUT2D eigenvalue weighted by Crippen LogP contribution is 2.34. The Bertz CT molecular complexity index is 443. The van der Waals surface area contributed by atoms with Gasteiger partial charge >= 0.3 is 12.1 Å². The molecule has 3 nitrogen and oxygen atoms in total. The predicted molar refractivity (Wildman–Crippen MR) is 51.5 cm³/mol. The van der Waals surface area contributed by atoms with Crippen molar-refractivity contribution < 1.29 is 27.1 Å². The normalized spacial score (nSPS) is 11.4. The fraction of sp³-hybridized carbons (Fsp3) is 0.300. The molecule has 0 heterocycles. The van der Waals surface area contributed by atoms with Crippen LogP contribution in [0.3, 0.4) is 0 Å². The molecule has 0 atom stereocenters. The lowest BCUT2D eigenvalue weighted by molar-refractivity contribution is -0.139. The van der Waals surface area contributed by atoms with Gasteiger partial charge in [0.1, 0.15) is 5.82 Å². The smallest absolute Gasteiger partial charge is 0.418 e. The first-order valence-corrected chi connectivity index (χ1v) is 4.47.